The highest BCUT2D eigenvalue weighted by molar-refractivity contribution is 7.18. The number of thiazole rings is 1. The fraction of sp³-hybridized carbons (Fsp3) is 0.273. The molecule has 0 radical (unpaired) electrons. The SMILES string of the molecule is Cc1nc2cc(Cn3ccn3C)cnc2s1. The van der Waals surface area contributed by atoms with Crippen molar-refractivity contribution >= 4 is 21.7 Å². The zero-order valence-corrected chi connectivity index (χ0v) is 10.0. The molecule has 0 saturated heterocycles. The normalized spacial score (nSPS) is 11.4. The average molecular weight is 232 g/mol. The average Bonchev–Trinajstić information content (AvgIpc) is 2.63. The predicted octanol–water partition coefficient (Wildman–Crippen LogP) is 2.19. The molecule has 0 unspecified atom stereocenters. The number of hydrogen-bond acceptors (Lipinski definition) is 3. The Balaban J connectivity index is 1.97. The third kappa shape index (κ3) is 1.53. The molecule has 82 valence electrons. The number of pyridine rings is 1. The lowest BCUT2D eigenvalue weighted by atomic mass is 10.3. The molecule has 5 heteroatoms. The topological polar surface area (TPSA) is 35.6 Å². The van der Waals surface area contributed by atoms with Crippen LogP contribution in [-0.2, 0) is 13.6 Å². The van der Waals surface area contributed by atoms with E-state index in [0.717, 1.165) is 21.9 Å². The van der Waals surface area contributed by atoms with Gasteiger partial charge >= 0.3 is 0 Å². The molecule has 0 N–H and O–H groups in total. The van der Waals surface area contributed by atoms with Crippen molar-refractivity contribution in [1.29, 1.82) is 0 Å². The van der Waals surface area contributed by atoms with E-state index in [1.54, 1.807) is 11.3 Å². The summed E-state index contributed by atoms with van der Waals surface area (Å²) in [4.78, 5) is 9.90. The minimum atomic E-state index is 0.854. The van der Waals surface area contributed by atoms with Gasteiger partial charge < -0.3 is 0 Å². The fourth-order valence-electron chi connectivity index (χ4n) is 1.71. The van der Waals surface area contributed by atoms with Crippen molar-refractivity contribution in [2.24, 2.45) is 7.05 Å². The third-order valence-electron chi connectivity index (χ3n) is 2.62. The van der Waals surface area contributed by atoms with Crippen LogP contribution in [0.4, 0.5) is 0 Å². The maximum Gasteiger partial charge on any atom is 0.143 e. The second kappa shape index (κ2) is 3.45. The Morgan fingerprint density at radius 2 is 2.25 bits per heavy atom. The van der Waals surface area contributed by atoms with Crippen molar-refractivity contribution in [3.63, 3.8) is 0 Å². The molecule has 0 aromatic carbocycles. The number of fused-ring (bicyclic) bond motifs is 1. The molecule has 3 rings (SSSR count). The van der Waals surface area contributed by atoms with Crippen molar-refractivity contribution in [3.05, 3.63) is 35.2 Å². The Morgan fingerprint density at radius 1 is 1.38 bits per heavy atom. The van der Waals surface area contributed by atoms with Gasteiger partial charge in [0.1, 0.15) is 10.3 Å². The van der Waals surface area contributed by atoms with E-state index in [9.17, 15) is 0 Å². The van der Waals surface area contributed by atoms with Gasteiger partial charge in [0.05, 0.1) is 11.6 Å². The summed E-state index contributed by atoms with van der Waals surface area (Å²) in [5.74, 6) is 0. The van der Waals surface area contributed by atoms with Gasteiger partial charge in [-0.05, 0) is 18.6 Å². The van der Waals surface area contributed by atoms with Crippen molar-refractivity contribution < 1.29 is 0 Å². The van der Waals surface area contributed by atoms with Crippen LogP contribution in [0.25, 0.3) is 10.3 Å². The Hall–Kier alpha value is -1.62. The van der Waals surface area contributed by atoms with Crippen LogP contribution in [0.3, 0.4) is 0 Å². The van der Waals surface area contributed by atoms with Gasteiger partial charge in [-0.25, -0.2) is 9.97 Å². The quantitative estimate of drug-likeness (QED) is 0.679. The van der Waals surface area contributed by atoms with E-state index in [2.05, 4.69) is 31.6 Å². The number of aromatic nitrogens is 4. The van der Waals surface area contributed by atoms with Crippen LogP contribution >= 0.6 is 11.3 Å². The molecule has 0 aliphatic heterocycles. The van der Waals surface area contributed by atoms with Crippen LogP contribution in [0.15, 0.2) is 24.7 Å². The Morgan fingerprint density at radius 3 is 2.94 bits per heavy atom. The van der Waals surface area contributed by atoms with Crippen molar-refractivity contribution in [1.82, 2.24) is 19.3 Å². The summed E-state index contributed by atoms with van der Waals surface area (Å²) >= 11 is 1.64. The van der Waals surface area contributed by atoms with E-state index >= 15 is 0 Å². The lowest BCUT2D eigenvalue weighted by molar-refractivity contribution is 0.487. The molecule has 0 saturated carbocycles. The monoisotopic (exact) mass is 232 g/mol. The molecule has 0 aliphatic rings. The standard InChI is InChI=1S/C11H12N4S/c1-8-13-10-5-9(6-12-11(10)16-8)7-15-4-3-14(15)2/h3-6H,7H2,1-2H3. The highest BCUT2D eigenvalue weighted by atomic mass is 32.1. The molecule has 0 bridgehead atoms. The van der Waals surface area contributed by atoms with Gasteiger partial charge in [0.25, 0.3) is 0 Å². The Kier molecular flexibility index (Phi) is 2.07. The molecular formula is C11H12N4S. The predicted molar refractivity (Wildman–Crippen MR) is 64.7 cm³/mol. The van der Waals surface area contributed by atoms with Gasteiger partial charge in [-0.2, -0.15) is 0 Å². The Bertz CT molecular complexity index is 631. The van der Waals surface area contributed by atoms with Gasteiger partial charge in [-0.15, -0.1) is 0 Å². The molecule has 0 fully saturated rings. The molecule has 0 amide bonds. The summed E-state index contributed by atoms with van der Waals surface area (Å²) in [5.41, 5.74) is 2.20. The highest BCUT2D eigenvalue weighted by Gasteiger charge is 2.04. The fourth-order valence-corrected chi connectivity index (χ4v) is 2.44. The van der Waals surface area contributed by atoms with Crippen LogP contribution in [0.5, 0.6) is 0 Å². The summed E-state index contributed by atoms with van der Waals surface area (Å²) in [6, 6.07) is 2.12. The maximum atomic E-state index is 4.45. The second-order valence-corrected chi connectivity index (χ2v) is 5.05. The van der Waals surface area contributed by atoms with Gasteiger partial charge in [0, 0.05) is 25.6 Å². The molecule has 3 aromatic rings. The number of rotatable bonds is 2. The molecule has 16 heavy (non-hydrogen) atoms. The van der Waals surface area contributed by atoms with Crippen LogP contribution in [-0.4, -0.2) is 19.3 Å². The smallest absolute Gasteiger partial charge is 0.143 e. The Labute approximate surface area is 97.2 Å². The lowest BCUT2D eigenvalue weighted by Crippen LogP contribution is -2.17. The molecular weight excluding hydrogens is 220 g/mol. The highest BCUT2D eigenvalue weighted by Crippen LogP contribution is 2.20. The van der Waals surface area contributed by atoms with E-state index in [-0.39, 0.29) is 0 Å². The first kappa shape index (κ1) is 9.59. The second-order valence-electron chi connectivity index (χ2n) is 3.87. The minimum absolute atomic E-state index is 0.854. The zero-order chi connectivity index (χ0) is 11.1. The number of hydrogen-bond donors (Lipinski definition) is 0. The molecule has 0 atom stereocenters. The van der Waals surface area contributed by atoms with E-state index in [1.807, 2.05) is 26.4 Å². The van der Waals surface area contributed by atoms with E-state index < -0.39 is 0 Å². The van der Waals surface area contributed by atoms with Crippen LogP contribution in [0, 0.1) is 6.92 Å². The summed E-state index contributed by atoms with van der Waals surface area (Å²) in [6.07, 6.45) is 6.01. The van der Waals surface area contributed by atoms with Gasteiger partial charge in [-0.3, -0.25) is 9.36 Å². The van der Waals surface area contributed by atoms with Crippen molar-refractivity contribution in [2.45, 2.75) is 13.5 Å². The maximum absolute atomic E-state index is 4.45. The first-order valence-corrected chi connectivity index (χ1v) is 5.94. The van der Waals surface area contributed by atoms with Crippen LogP contribution < -0.4 is 0 Å². The first-order valence-electron chi connectivity index (χ1n) is 5.12. The van der Waals surface area contributed by atoms with Gasteiger partial charge in [0.15, 0.2) is 0 Å². The third-order valence-corrected chi connectivity index (χ3v) is 3.51. The van der Waals surface area contributed by atoms with E-state index in [1.165, 1.54) is 5.56 Å². The van der Waals surface area contributed by atoms with Crippen LogP contribution in [0.2, 0.25) is 0 Å². The van der Waals surface area contributed by atoms with E-state index in [0.29, 0.717) is 0 Å². The summed E-state index contributed by atoms with van der Waals surface area (Å²) < 4.78 is 4.18. The first-order chi connectivity index (χ1) is 7.72. The van der Waals surface area contributed by atoms with Gasteiger partial charge in [0.2, 0.25) is 0 Å². The minimum Gasteiger partial charge on any atom is -0.294 e. The summed E-state index contributed by atoms with van der Waals surface area (Å²) in [7, 11) is 2.03. The largest absolute Gasteiger partial charge is 0.294 e. The number of aryl methyl sites for hydroxylation is 2. The van der Waals surface area contributed by atoms with Crippen LogP contribution in [0.1, 0.15) is 10.6 Å². The molecule has 3 heterocycles. The summed E-state index contributed by atoms with van der Waals surface area (Å²) in [5, 5.41) is 1.07. The van der Waals surface area contributed by atoms with Crippen molar-refractivity contribution in [2.75, 3.05) is 0 Å². The van der Waals surface area contributed by atoms with Crippen molar-refractivity contribution in [3.8, 4) is 0 Å². The molecule has 0 spiro atoms. The number of nitrogens with zero attached hydrogens (tertiary/aromatic N) is 4. The lowest BCUT2D eigenvalue weighted by Gasteiger charge is -2.16. The zero-order valence-electron chi connectivity index (χ0n) is 9.21. The molecule has 4 nitrogen and oxygen atoms in total. The van der Waals surface area contributed by atoms with E-state index in [4.69, 9.17) is 0 Å². The molecule has 0 aliphatic carbocycles. The summed E-state index contributed by atoms with van der Waals surface area (Å²) in [6.45, 7) is 2.87. The molecule has 3 aromatic heterocycles. The van der Waals surface area contributed by atoms with Gasteiger partial charge in [-0.1, -0.05) is 11.3 Å².